The Morgan fingerprint density at radius 1 is 1.79 bits per heavy atom. The maximum atomic E-state index is 11.0. The van der Waals surface area contributed by atoms with Gasteiger partial charge in [-0.25, -0.2) is 9.78 Å². The van der Waals surface area contributed by atoms with Gasteiger partial charge in [-0.05, 0) is 0 Å². The number of hydrogen-bond donors (Lipinski definition) is 1. The number of nitrogens with one attached hydrogen (secondary N) is 1. The highest BCUT2D eigenvalue weighted by Gasteiger charge is 2.05. The lowest BCUT2D eigenvalue weighted by Crippen LogP contribution is -2.13. The van der Waals surface area contributed by atoms with Crippen LogP contribution in [0.25, 0.3) is 0 Å². The summed E-state index contributed by atoms with van der Waals surface area (Å²) in [6.07, 6.45) is 1.45. The average Bonchev–Trinajstić information content (AvgIpc) is 2.62. The minimum Gasteiger partial charge on any atom is -0.445 e. The van der Waals surface area contributed by atoms with Gasteiger partial charge >= 0.3 is 6.09 Å². The molecule has 1 N–H and O–H groups in total. The molecule has 74 valence electrons. The second-order valence-electron chi connectivity index (χ2n) is 2.21. The molecule has 1 aromatic rings. The molecule has 6 heteroatoms. The zero-order valence-corrected chi connectivity index (χ0v) is 8.04. The molecular formula is C8H8N2O3S. The van der Waals surface area contributed by atoms with E-state index in [1.165, 1.54) is 11.5 Å². The monoisotopic (exact) mass is 212 g/mol. The van der Waals surface area contributed by atoms with E-state index in [9.17, 15) is 9.59 Å². The Labute approximate surface area is 84.4 Å². The van der Waals surface area contributed by atoms with Gasteiger partial charge in [0.15, 0.2) is 11.4 Å². The summed E-state index contributed by atoms with van der Waals surface area (Å²) in [5.41, 5.74) is 0.286. The molecule has 1 heterocycles. The topological polar surface area (TPSA) is 68.3 Å². The van der Waals surface area contributed by atoms with Crippen molar-refractivity contribution < 1.29 is 14.3 Å². The first-order chi connectivity index (χ1) is 6.76. The molecule has 0 bridgehead atoms. The highest BCUT2D eigenvalue weighted by atomic mass is 32.1. The fourth-order valence-corrected chi connectivity index (χ4v) is 1.30. The molecular weight excluding hydrogens is 204 g/mol. The van der Waals surface area contributed by atoms with Crippen molar-refractivity contribution in [1.29, 1.82) is 0 Å². The summed E-state index contributed by atoms with van der Waals surface area (Å²) >= 11 is 1.16. The molecule has 0 aliphatic heterocycles. The van der Waals surface area contributed by atoms with E-state index >= 15 is 0 Å². The molecule has 0 spiro atoms. The molecule has 0 radical (unpaired) electrons. The third-order valence-electron chi connectivity index (χ3n) is 1.18. The molecule has 0 aliphatic carbocycles. The van der Waals surface area contributed by atoms with E-state index in [1.807, 2.05) is 0 Å². The van der Waals surface area contributed by atoms with Crippen molar-refractivity contribution in [2.45, 2.75) is 0 Å². The Bertz CT molecular complexity index is 348. The predicted octanol–water partition coefficient (Wildman–Crippen LogP) is 1.69. The number of rotatable bonds is 4. The number of thiazole rings is 1. The van der Waals surface area contributed by atoms with Gasteiger partial charge < -0.3 is 4.74 Å². The number of ether oxygens (including phenoxy) is 1. The van der Waals surface area contributed by atoms with Crippen molar-refractivity contribution in [1.82, 2.24) is 4.98 Å². The number of aldehydes is 1. The number of amides is 1. The minimum absolute atomic E-state index is 0.137. The van der Waals surface area contributed by atoms with Gasteiger partial charge in [-0.3, -0.25) is 10.1 Å². The van der Waals surface area contributed by atoms with Gasteiger partial charge in [-0.2, -0.15) is 0 Å². The van der Waals surface area contributed by atoms with Crippen molar-refractivity contribution in [3.63, 3.8) is 0 Å². The smallest absolute Gasteiger partial charge is 0.413 e. The number of anilines is 1. The fourth-order valence-electron chi connectivity index (χ4n) is 0.656. The molecule has 0 atom stereocenters. The maximum absolute atomic E-state index is 11.0. The first kappa shape index (κ1) is 10.4. The Balaban J connectivity index is 2.47. The van der Waals surface area contributed by atoms with Crippen LogP contribution in [0.4, 0.5) is 9.93 Å². The highest BCUT2D eigenvalue weighted by Crippen LogP contribution is 2.13. The van der Waals surface area contributed by atoms with Crippen LogP contribution in [0.2, 0.25) is 0 Å². The molecule has 0 aromatic carbocycles. The summed E-state index contributed by atoms with van der Waals surface area (Å²) in [6.45, 7) is 3.53. The van der Waals surface area contributed by atoms with Gasteiger partial charge in [0.25, 0.3) is 0 Å². The summed E-state index contributed by atoms with van der Waals surface area (Å²) < 4.78 is 4.65. The van der Waals surface area contributed by atoms with Crippen LogP contribution >= 0.6 is 11.3 Å². The van der Waals surface area contributed by atoms with Crippen molar-refractivity contribution in [2.75, 3.05) is 11.9 Å². The van der Waals surface area contributed by atoms with E-state index in [0.717, 1.165) is 11.3 Å². The van der Waals surface area contributed by atoms with E-state index in [1.54, 1.807) is 0 Å². The lowest BCUT2D eigenvalue weighted by Gasteiger charge is -2.00. The second-order valence-corrected chi connectivity index (χ2v) is 3.07. The third-order valence-corrected chi connectivity index (χ3v) is 1.96. The summed E-state index contributed by atoms with van der Waals surface area (Å²) in [5.74, 6) is 0. The van der Waals surface area contributed by atoms with E-state index in [4.69, 9.17) is 0 Å². The van der Waals surface area contributed by atoms with Crippen molar-refractivity contribution >= 4 is 28.8 Å². The Morgan fingerprint density at radius 3 is 3.14 bits per heavy atom. The van der Waals surface area contributed by atoms with Crippen LogP contribution in [0.1, 0.15) is 10.5 Å². The van der Waals surface area contributed by atoms with Crippen LogP contribution in [0, 0.1) is 0 Å². The zero-order valence-electron chi connectivity index (χ0n) is 7.23. The van der Waals surface area contributed by atoms with Crippen LogP contribution in [0.15, 0.2) is 18.0 Å². The van der Waals surface area contributed by atoms with E-state index in [-0.39, 0.29) is 12.3 Å². The van der Waals surface area contributed by atoms with Crippen molar-refractivity contribution in [2.24, 2.45) is 0 Å². The Hall–Kier alpha value is -1.69. The van der Waals surface area contributed by atoms with Crippen LogP contribution in [-0.4, -0.2) is 24.0 Å². The number of carbonyl (C=O) groups excluding carboxylic acids is 2. The standard InChI is InChI=1S/C8H8N2O3S/c1-2-3-13-8(12)10-7-9-6(4-11)5-14-7/h2,4-5H,1,3H2,(H,9,10,12). The molecule has 0 unspecified atom stereocenters. The molecule has 0 saturated heterocycles. The van der Waals surface area contributed by atoms with Gasteiger partial charge in [0.1, 0.15) is 12.3 Å². The van der Waals surface area contributed by atoms with Crippen molar-refractivity contribution in [3.05, 3.63) is 23.7 Å². The minimum atomic E-state index is -0.614. The summed E-state index contributed by atoms with van der Waals surface area (Å²) in [5, 5.41) is 4.24. The molecule has 0 aliphatic rings. The largest absolute Gasteiger partial charge is 0.445 e. The van der Waals surface area contributed by atoms with Gasteiger partial charge in [-0.1, -0.05) is 12.7 Å². The second kappa shape index (κ2) is 5.13. The molecule has 14 heavy (non-hydrogen) atoms. The molecule has 0 saturated carbocycles. The number of carbonyl (C=O) groups is 2. The van der Waals surface area contributed by atoms with Crippen LogP contribution in [-0.2, 0) is 4.74 Å². The quantitative estimate of drug-likeness (QED) is 0.609. The van der Waals surface area contributed by atoms with E-state index in [2.05, 4.69) is 21.6 Å². The number of aromatic nitrogens is 1. The van der Waals surface area contributed by atoms with Gasteiger partial charge in [0, 0.05) is 5.38 Å². The predicted molar refractivity (Wildman–Crippen MR) is 52.7 cm³/mol. The summed E-state index contributed by atoms with van der Waals surface area (Å²) in [4.78, 5) is 25.0. The Kier molecular flexibility index (Phi) is 3.81. The van der Waals surface area contributed by atoms with Gasteiger partial charge in [-0.15, -0.1) is 11.3 Å². The molecule has 0 fully saturated rings. The number of hydrogen-bond acceptors (Lipinski definition) is 5. The van der Waals surface area contributed by atoms with Crippen molar-refractivity contribution in [3.8, 4) is 0 Å². The third kappa shape index (κ3) is 2.98. The van der Waals surface area contributed by atoms with Crippen LogP contribution in [0.5, 0.6) is 0 Å². The lowest BCUT2D eigenvalue weighted by molar-refractivity contribution is 0.111. The van der Waals surface area contributed by atoms with Gasteiger partial charge in [0.05, 0.1) is 0 Å². The van der Waals surface area contributed by atoms with E-state index in [0.29, 0.717) is 11.4 Å². The first-order valence-corrected chi connectivity index (χ1v) is 4.59. The molecule has 1 aromatic heterocycles. The number of nitrogens with zero attached hydrogens (tertiary/aromatic N) is 1. The molecule has 1 rings (SSSR count). The van der Waals surface area contributed by atoms with E-state index < -0.39 is 6.09 Å². The SMILES string of the molecule is C=CCOC(=O)Nc1nc(C=O)cs1. The fraction of sp³-hybridized carbons (Fsp3) is 0.125. The summed E-state index contributed by atoms with van der Waals surface area (Å²) in [6, 6.07) is 0. The van der Waals surface area contributed by atoms with Crippen LogP contribution in [0.3, 0.4) is 0 Å². The lowest BCUT2D eigenvalue weighted by atomic mass is 10.6. The normalized spacial score (nSPS) is 9.14. The zero-order chi connectivity index (χ0) is 10.4. The van der Waals surface area contributed by atoms with Crippen LogP contribution < -0.4 is 5.32 Å². The van der Waals surface area contributed by atoms with Gasteiger partial charge in [0.2, 0.25) is 0 Å². The Morgan fingerprint density at radius 2 is 2.57 bits per heavy atom. The average molecular weight is 212 g/mol. The molecule has 1 amide bonds. The highest BCUT2D eigenvalue weighted by molar-refractivity contribution is 7.14. The molecule has 5 nitrogen and oxygen atoms in total. The summed E-state index contributed by atoms with van der Waals surface area (Å²) in [7, 11) is 0. The first-order valence-electron chi connectivity index (χ1n) is 3.71. The maximum Gasteiger partial charge on any atom is 0.413 e.